The number of carboxylic acids is 1. The van der Waals surface area contributed by atoms with Gasteiger partial charge >= 0.3 is 5.97 Å². The lowest BCUT2D eigenvalue weighted by Crippen LogP contribution is -2.44. The highest BCUT2D eigenvalue weighted by atomic mass is 35.5. The number of fused-ring (bicyclic) bond motifs is 1. The van der Waals surface area contributed by atoms with Crippen LogP contribution >= 0.6 is 11.6 Å². The number of terminal acetylenes is 1. The van der Waals surface area contributed by atoms with Gasteiger partial charge in [-0.05, 0) is 54.4 Å². The van der Waals surface area contributed by atoms with Crippen LogP contribution in [0.4, 0.5) is 5.69 Å². The van der Waals surface area contributed by atoms with Crippen LogP contribution in [0.15, 0.2) is 41.2 Å². The second-order valence-corrected chi connectivity index (χ2v) is 11.7. The van der Waals surface area contributed by atoms with Crippen molar-refractivity contribution < 1.29 is 9.90 Å². The molecule has 1 atom stereocenters. The van der Waals surface area contributed by atoms with Gasteiger partial charge < -0.3 is 14.9 Å². The van der Waals surface area contributed by atoms with Crippen LogP contribution in [0.2, 0.25) is 5.02 Å². The molecular formula is C30H36ClN5O3. The number of anilines is 1. The number of aromatic nitrogens is 2. The van der Waals surface area contributed by atoms with Crippen LogP contribution in [0.3, 0.4) is 0 Å². The van der Waals surface area contributed by atoms with Gasteiger partial charge in [0.2, 0.25) is 0 Å². The molecule has 39 heavy (non-hydrogen) atoms. The third-order valence-electron chi connectivity index (χ3n) is 7.38. The zero-order valence-electron chi connectivity index (χ0n) is 23.2. The van der Waals surface area contributed by atoms with Gasteiger partial charge in [-0.15, -0.1) is 6.42 Å². The lowest BCUT2D eigenvalue weighted by atomic mass is 9.80. The van der Waals surface area contributed by atoms with Crippen molar-refractivity contribution in [2.75, 3.05) is 44.7 Å². The number of aromatic carboxylic acids is 1. The smallest absolute Gasteiger partial charge is 0.335 e. The predicted molar refractivity (Wildman–Crippen MR) is 157 cm³/mol. The second kappa shape index (κ2) is 11.4. The van der Waals surface area contributed by atoms with Crippen LogP contribution in [-0.2, 0) is 13.6 Å². The van der Waals surface area contributed by atoms with Crippen LogP contribution in [0.25, 0.3) is 10.9 Å². The molecule has 206 valence electrons. The average Bonchev–Trinajstić information content (AvgIpc) is 2.88. The molecule has 2 aromatic carbocycles. The third-order valence-corrected chi connectivity index (χ3v) is 7.71. The molecule has 0 saturated carbocycles. The molecule has 1 aliphatic heterocycles. The van der Waals surface area contributed by atoms with Crippen LogP contribution in [0.5, 0.6) is 0 Å². The van der Waals surface area contributed by atoms with Crippen molar-refractivity contribution in [3.63, 3.8) is 0 Å². The summed E-state index contributed by atoms with van der Waals surface area (Å²) in [7, 11) is 3.88. The summed E-state index contributed by atoms with van der Waals surface area (Å²) in [4.78, 5) is 36.5. The molecular weight excluding hydrogens is 514 g/mol. The summed E-state index contributed by atoms with van der Waals surface area (Å²) in [5.41, 5.74) is 1.82. The molecule has 3 aromatic rings. The van der Waals surface area contributed by atoms with Crippen LogP contribution in [-0.4, -0.2) is 70.2 Å². The molecule has 1 aromatic heterocycles. The van der Waals surface area contributed by atoms with Gasteiger partial charge in [0, 0.05) is 43.9 Å². The maximum atomic E-state index is 13.6. The summed E-state index contributed by atoms with van der Waals surface area (Å²) in [6.07, 6.45) is 5.79. The fourth-order valence-electron chi connectivity index (χ4n) is 5.24. The Morgan fingerprint density at radius 2 is 1.79 bits per heavy atom. The quantitative estimate of drug-likeness (QED) is 0.441. The number of halogens is 1. The van der Waals surface area contributed by atoms with Gasteiger partial charge in [-0.1, -0.05) is 38.3 Å². The summed E-state index contributed by atoms with van der Waals surface area (Å²) in [6.45, 7) is 10.9. The Kier molecular flexibility index (Phi) is 8.36. The summed E-state index contributed by atoms with van der Waals surface area (Å²) >= 11 is 6.93. The van der Waals surface area contributed by atoms with E-state index in [9.17, 15) is 14.7 Å². The van der Waals surface area contributed by atoms with E-state index in [1.54, 1.807) is 41.9 Å². The number of carbonyl (C=O) groups is 1. The molecule has 2 heterocycles. The van der Waals surface area contributed by atoms with E-state index in [-0.39, 0.29) is 29.1 Å². The Balaban J connectivity index is 1.79. The molecule has 1 fully saturated rings. The second-order valence-electron chi connectivity index (χ2n) is 11.3. The van der Waals surface area contributed by atoms with Gasteiger partial charge in [-0.3, -0.25) is 14.3 Å². The van der Waals surface area contributed by atoms with E-state index in [2.05, 4.69) is 43.5 Å². The van der Waals surface area contributed by atoms with E-state index < -0.39 is 5.97 Å². The van der Waals surface area contributed by atoms with E-state index in [0.29, 0.717) is 28.3 Å². The highest BCUT2D eigenvalue weighted by molar-refractivity contribution is 6.32. The summed E-state index contributed by atoms with van der Waals surface area (Å²) < 4.78 is 1.63. The Hall–Kier alpha value is -3.38. The minimum Gasteiger partial charge on any atom is -0.478 e. The van der Waals surface area contributed by atoms with E-state index in [0.717, 1.165) is 37.4 Å². The Bertz CT molecular complexity index is 1460. The highest BCUT2D eigenvalue weighted by Crippen LogP contribution is 2.43. The molecule has 1 N–H and O–H groups in total. The Morgan fingerprint density at radius 3 is 2.36 bits per heavy atom. The highest BCUT2D eigenvalue weighted by Gasteiger charge is 2.34. The number of rotatable bonds is 7. The molecule has 0 aliphatic carbocycles. The van der Waals surface area contributed by atoms with Crippen molar-refractivity contribution in [1.29, 1.82) is 0 Å². The number of piperazine rings is 1. The molecule has 1 unspecified atom stereocenters. The molecule has 4 rings (SSSR count). The fraction of sp³-hybridized carbons (Fsp3) is 0.433. The molecule has 9 heteroatoms. The van der Waals surface area contributed by atoms with Crippen LogP contribution in [0, 0.1) is 17.8 Å². The lowest BCUT2D eigenvalue weighted by molar-refractivity contribution is 0.0697. The van der Waals surface area contributed by atoms with Crippen LogP contribution < -0.4 is 10.5 Å². The van der Waals surface area contributed by atoms with Crippen molar-refractivity contribution in [1.82, 2.24) is 19.4 Å². The molecule has 1 aliphatic rings. The van der Waals surface area contributed by atoms with Crippen molar-refractivity contribution in [3.8, 4) is 12.3 Å². The van der Waals surface area contributed by atoms with Gasteiger partial charge in [0.15, 0.2) is 0 Å². The van der Waals surface area contributed by atoms with Gasteiger partial charge in [0.05, 0.1) is 35.6 Å². The summed E-state index contributed by atoms with van der Waals surface area (Å²) in [6, 6.07) is 9.93. The van der Waals surface area contributed by atoms with E-state index >= 15 is 0 Å². The number of carboxylic acid groups (broad SMARTS) is 1. The van der Waals surface area contributed by atoms with Crippen molar-refractivity contribution in [2.24, 2.45) is 12.5 Å². The number of hydrogen-bond acceptors (Lipinski definition) is 6. The lowest BCUT2D eigenvalue weighted by Gasteiger charge is -2.41. The first-order chi connectivity index (χ1) is 18.4. The van der Waals surface area contributed by atoms with Crippen molar-refractivity contribution in [3.05, 3.63) is 68.7 Å². The first-order valence-corrected chi connectivity index (χ1v) is 13.4. The van der Waals surface area contributed by atoms with Gasteiger partial charge in [-0.25, -0.2) is 9.78 Å². The Labute approximate surface area is 234 Å². The molecule has 0 radical (unpaired) electrons. The van der Waals surface area contributed by atoms with E-state index in [1.165, 1.54) is 0 Å². The van der Waals surface area contributed by atoms with Gasteiger partial charge in [0.1, 0.15) is 5.82 Å². The molecule has 0 spiro atoms. The SMILES string of the molecule is C#CCN(c1ccc(C(=O)O)cc1)C(c1cc2c(=O)n(C)c(CN3CCN(C)CC3)nc2cc1Cl)C(C)(C)C. The summed E-state index contributed by atoms with van der Waals surface area (Å²) in [5.74, 6) is 2.45. The minimum atomic E-state index is -0.995. The number of hydrogen-bond donors (Lipinski definition) is 1. The molecule has 0 amide bonds. The molecule has 8 nitrogen and oxygen atoms in total. The zero-order valence-corrected chi connectivity index (χ0v) is 24.0. The zero-order chi connectivity index (χ0) is 28.5. The fourth-order valence-corrected chi connectivity index (χ4v) is 5.50. The number of likely N-dealkylation sites (N-methyl/N-ethyl adjacent to an activating group) is 1. The molecule has 0 bridgehead atoms. The molecule has 1 saturated heterocycles. The average molecular weight is 550 g/mol. The number of benzene rings is 2. The normalized spacial score (nSPS) is 15.7. The van der Waals surface area contributed by atoms with Crippen molar-refractivity contribution >= 4 is 34.2 Å². The summed E-state index contributed by atoms with van der Waals surface area (Å²) in [5, 5.41) is 10.3. The van der Waals surface area contributed by atoms with Gasteiger partial charge in [0.25, 0.3) is 5.56 Å². The third kappa shape index (κ3) is 6.11. The minimum absolute atomic E-state index is 0.121. The standard InChI is InChI=1S/C30H36ClN5O3/c1-7-12-36(21-10-8-20(9-11-21)29(38)39)27(30(2,3)4)22-17-23-25(18-24(22)31)32-26(34(6)28(23)37)19-35-15-13-33(5)14-16-35/h1,8-11,17-18,27H,12-16,19H2,2-6H3,(H,38,39). The maximum absolute atomic E-state index is 13.6. The first-order valence-electron chi connectivity index (χ1n) is 13.0. The number of nitrogens with zero attached hydrogens (tertiary/aromatic N) is 5. The predicted octanol–water partition coefficient (Wildman–Crippen LogP) is 4.26. The maximum Gasteiger partial charge on any atom is 0.335 e. The monoisotopic (exact) mass is 549 g/mol. The largest absolute Gasteiger partial charge is 0.478 e. The first kappa shape index (κ1) is 28.6. The van der Waals surface area contributed by atoms with Crippen LogP contribution in [0.1, 0.15) is 48.6 Å². The van der Waals surface area contributed by atoms with Crippen molar-refractivity contribution in [2.45, 2.75) is 33.4 Å². The van der Waals surface area contributed by atoms with Gasteiger partial charge in [-0.2, -0.15) is 0 Å². The Morgan fingerprint density at radius 1 is 1.15 bits per heavy atom. The van der Waals surface area contributed by atoms with E-state index in [4.69, 9.17) is 23.0 Å². The van der Waals surface area contributed by atoms with E-state index in [1.807, 2.05) is 11.0 Å². The topological polar surface area (TPSA) is 81.9 Å².